The molecule has 0 aliphatic heterocycles. The fraction of sp³-hybridized carbons (Fsp3) is 0.389. The largest absolute Gasteiger partial charge is 0.356 e. The summed E-state index contributed by atoms with van der Waals surface area (Å²) in [5.74, 6) is 0.715. The number of hydrogen-bond donors (Lipinski definition) is 3. The van der Waals surface area contributed by atoms with E-state index in [9.17, 15) is 4.79 Å². The van der Waals surface area contributed by atoms with Crippen LogP contribution in [0.2, 0.25) is 5.02 Å². The van der Waals surface area contributed by atoms with Gasteiger partial charge in [-0.25, -0.2) is 4.98 Å². The van der Waals surface area contributed by atoms with Crippen LogP contribution in [0.3, 0.4) is 0 Å². The first-order chi connectivity index (χ1) is 12.6. The Labute approximate surface area is 163 Å². The van der Waals surface area contributed by atoms with Crippen LogP contribution in [0.15, 0.2) is 35.5 Å². The van der Waals surface area contributed by atoms with Crippen LogP contribution in [0.5, 0.6) is 0 Å². The molecule has 1 aromatic heterocycles. The minimum atomic E-state index is -0.0174. The quantitative estimate of drug-likeness (QED) is 0.365. The van der Waals surface area contributed by atoms with Crippen LogP contribution in [0.1, 0.15) is 22.7 Å². The number of nitrogens with one attached hydrogen (secondary N) is 3. The normalized spacial score (nSPS) is 11.3. The maximum absolute atomic E-state index is 11.9. The van der Waals surface area contributed by atoms with Gasteiger partial charge in [-0.15, -0.1) is 11.3 Å². The number of guanidine groups is 1. The predicted molar refractivity (Wildman–Crippen MR) is 109 cm³/mol. The topological polar surface area (TPSA) is 78.4 Å². The molecule has 8 heteroatoms. The summed E-state index contributed by atoms with van der Waals surface area (Å²) in [6.07, 6.45) is 3.90. The van der Waals surface area contributed by atoms with Crippen molar-refractivity contribution in [1.29, 1.82) is 0 Å². The highest BCUT2D eigenvalue weighted by molar-refractivity contribution is 7.11. The van der Waals surface area contributed by atoms with Gasteiger partial charge >= 0.3 is 0 Å². The molecule has 1 heterocycles. The number of anilines is 1. The molecule has 0 aliphatic carbocycles. The van der Waals surface area contributed by atoms with Crippen LogP contribution in [0, 0.1) is 6.92 Å². The number of carbonyl (C=O) groups excluding carboxylic acids is 1. The first-order valence-electron chi connectivity index (χ1n) is 8.48. The number of aromatic nitrogens is 1. The van der Waals surface area contributed by atoms with Gasteiger partial charge in [0.2, 0.25) is 5.91 Å². The Kier molecular flexibility index (Phi) is 8.37. The van der Waals surface area contributed by atoms with Crippen LogP contribution in [0.4, 0.5) is 5.69 Å². The summed E-state index contributed by atoms with van der Waals surface area (Å²) in [5.41, 5.74) is 0.752. The van der Waals surface area contributed by atoms with E-state index in [0.717, 1.165) is 29.6 Å². The molecule has 2 rings (SSSR count). The van der Waals surface area contributed by atoms with Gasteiger partial charge in [-0.05, 0) is 37.6 Å². The number of hydrogen-bond acceptors (Lipinski definition) is 4. The van der Waals surface area contributed by atoms with Crippen molar-refractivity contribution in [2.45, 2.75) is 26.2 Å². The zero-order chi connectivity index (χ0) is 18.8. The summed E-state index contributed by atoms with van der Waals surface area (Å²) in [6, 6.07) is 7.07. The molecule has 140 valence electrons. The van der Waals surface area contributed by atoms with Crippen molar-refractivity contribution in [3.05, 3.63) is 45.4 Å². The van der Waals surface area contributed by atoms with Crippen molar-refractivity contribution in [3.63, 3.8) is 0 Å². The van der Waals surface area contributed by atoms with Crippen molar-refractivity contribution in [2.24, 2.45) is 4.99 Å². The molecule has 0 radical (unpaired) electrons. The number of thiazole rings is 1. The van der Waals surface area contributed by atoms with E-state index < -0.39 is 0 Å². The lowest BCUT2D eigenvalue weighted by molar-refractivity contribution is -0.116. The molecule has 2 aromatic rings. The molecule has 0 bridgehead atoms. The molecule has 0 saturated carbocycles. The van der Waals surface area contributed by atoms with Crippen molar-refractivity contribution < 1.29 is 4.79 Å². The van der Waals surface area contributed by atoms with Gasteiger partial charge in [0.15, 0.2) is 5.96 Å². The van der Waals surface area contributed by atoms with Gasteiger partial charge in [0.25, 0.3) is 0 Å². The van der Waals surface area contributed by atoms with Crippen LogP contribution >= 0.6 is 22.9 Å². The van der Waals surface area contributed by atoms with Gasteiger partial charge in [-0.2, -0.15) is 0 Å². The van der Waals surface area contributed by atoms with Gasteiger partial charge in [0.1, 0.15) is 0 Å². The average molecular weight is 394 g/mol. The number of nitrogens with zero attached hydrogens (tertiary/aromatic N) is 2. The van der Waals surface area contributed by atoms with Crippen LogP contribution < -0.4 is 16.0 Å². The smallest absolute Gasteiger partial charge is 0.224 e. The Morgan fingerprint density at radius 3 is 2.62 bits per heavy atom. The lowest BCUT2D eigenvalue weighted by Gasteiger charge is -2.11. The molecule has 3 N–H and O–H groups in total. The second-order valence-electron chi connectivity index (χ2n) is 5.70. The van der Waals surface area contributed by atoms with E-state index >= 15 is 0 Å². The first-order valence-corrected chi connectivity index (χ1v) is 9.67. The molecule has 6 nitrogen and oxygen atoms in total. The highest BCUT2D eigenvalue weighted by atomic mass is 35.5. The summed E-state index contributed by atoms with van der Waals surface area (Å²) >= 11 is 7.53. The van der Waals surface area contributed by atoms with E-state index in [0.29, 0.717) is 24.4 Å². The second-order valence-corrected chi connectivity index (χ2v) is 7.45. The molecule has 0 saturated heterocycles. The lowest BCUT2D eigenvalue weighted by atomic mass is 10.2. The molecule has 26 heavy (non-hydrogen) atoms. The molecule has 1 aromatic carbocycles. The molecule has 1 amide bonds. The summed E-state index contributed by atoms with van der Waals surface area (Å²) in [6.45, 7) is 3.49. The third-order valence-electron chi connectivity index (χ3n) is 3.53. The number of aryl methyl sites for hydroxylation is 1. The van der Waals surface area contributed by atoms with Gasteiger partial charge in [0.05, 0.1) is 5.01 Å². The minimum Gasteiger partial charge on any atom is -0.356 e. The molecule has 0 fully saturated rings. The Morgan fingerprint density at radius 2 is 1.96 bits per heavy atom. The van der Waals surface area contributed by atoms with E-state index in [1.54, 1.807) is 42.6 Å². The standard InChI is InChI=1S/C18H24ClN5OS/c1-13-12-23-17(26-13)9-11-22-18(20-2)21-10-3-4-16(25)24-15-7-5-14(19)6-8-15/h5-8,12H,3-4,9-11H2,1-2H3,(H,24,25)(H2,20,21,22). The monoisotopic (exact) mass is 393 g/mol. The van der Waals surface area contributed by atoms with Crippen LogP contribution in [0.25, 0.3) is 0 Å². The molecular formula is C18H24ClN5OS. The highest BCUT2D eigenvalue weighted by Gasteiger charge is 2.04. The van der Waals surface area contributed by atoms with Crippen LogP contribution in [-0.4, -0.2) is 37.0 Å². The zero-order valence-corrected chi connectivity index (χ0v) is 16.6. The number of aliphatic imine (C=N–C) groups is 1. The van der Waals surface area contributed by atoms with E-state index in [1.165, 1.54) is 4.88 Å². The van der Waals surface area contributed by atoms with Crippen LogP contribution in [-0.2, 0) is 11.2 Å². The summed E-state index contributed by atoms with van der Waals surface area (Å²) in [5, 5.41) is 11.1. The maximum Gasteiger partial charge on any atom is 0.224 e. The Balaban J connectivity index is 1.59. The molecule has 0 unspecified atom stereocenters. The van der Waals surface area contributed by atoms with Gasteiger partial charge in [-0.3, -0.25) is 9.79 Å². The van der Waals surface area contributed by atoms with E-state index in [1.807, 2.05) is 6.20 Å². The molecule has 0 atom stereocenters. The van der Waals surface area contributed by atoms with E-state index in [2.05, 4.69) is 32.9 Å². The summed E-state index contributed by atoms with van der Waals surface area (Å²) in [4.78, 5) is 21.7. The third kappa shape index (κ3) is 7.41. The average Bonchev–Trinajstić information content (AvgIpc) is 3.04. The first kappa shape index (κ1) is 20.2. The number of benzene rings is 1. The third-order valence-corrected chi connectivity index (χ3v) is 4.75. The van der Waals surface area contributed by atoms with Gasteiger partial charge in [-0.1, -0.05) is 11.6 Å². The van der Waals surface area contributed by atoms with Crippen molar-refractivity contribution >= 4 is 40.5 Å². The second kappa shape index (κ2) is 10.8. The van der Waals surface area contributed by atoms with E-state index in [4.69, 9.17) is 11.6 Å². The minimum absolute atomic E-state index is 0.0174. The molecular weight excluding hydrogens is 370 g/mol. The highest BCUT2D eigenvalue weighted by Crippen LogP contribution is 2.13. The maximum atomic E-state index is 11.9. The summed E-state index contributed by atoms with van der Waals surface area (Å²) in [7, 11) is 1.73. The van der Waals surface area contributed by atoms with Gasteiger partial charge in [0, 0.05) is 54.8 Å². The lowest BCUT2D eigenvalue weighted by Crippen LogP contribution is -2.38. The van der Waals surface area contributed by atoms with E-state index in [-0.39, 0.29) is 5.91 Å². The molecule has 0 aliphatic rings. The summed E-state index contributed by atoms with van der Waals surface area (Å²) < 4.78 is 0. The Hall–Kier alpha value is -2.12. The molecule has 0 spiro atoms. The Bertz CT molecular complexity index is 729. The fourth-order valence-electron chi connectivity index (χ4n) is 2.24. The fourth-order valence-corrected chi connectivity index (χ4v) is 3.15. The van der Waals surface area contributed by atoms with Crippen molar-refractivity contribution in [1.82, 2.24) is 15.6 Å². The number of halogens is 1. The SMILES string of the molecule is CN=C(NCCCC(=O)Nc1ccc(Cl)cc1)NCCc1ncc(C)s1. The van der Waals surface area contributed by atoms with Gasteiger partial charge < -0.3 is 16.0 Å². The predicted octanol–water partition coefficient (Wildman–Crippen LogP) is 3.23. The number of amides is 1. The number of rotatable bonds is 8. The van der Waals surface area contributed by atoms with Crippen molar-refractivity contribution in [3.8, 4) is 0 Å². The van der Waals surface area contributed by atoms with Crippen molar-refractivity contribution in [2.75, 3.05) is 25.5 Å². The number of carbonyl (C=O) groups is 1. The zero-order valence-electron chi connectivity index (χ0n) is 15.0. The Morgan fingerprint density at radius 1 is 1.23 bits per heavy atom.